The van der Waals surface area contributed by atoms with E-state index in [1.807, 2.05) is 0 Å². The molecule has 5 heteroatoms. The summed E-state index contributed by atoms with van der Waals surface area (Å²) in [5, 5.41) is 0. The summed E-state index contributed by atoms with van der Waals surface area (Å²) in [6.07, 6.45) is 5.20. The Morgan fingerprint density at radius 1 is 0.955 bits per heavy atom. The van der Waals surface area contributed by atoms with Crippen LogP contribution < -0.4 is 9.47 Å². The van der Waals surface area contributed by atoms with Crippen LogP contribution in [0, 0.1) is 5.92 Å². The number of hydrogen-bond acceptors (Lipinski definition) is 5. The summed E-state index contributed by atoms with van der Waals surface area (Å²) in [6, 6.07) is 9.73. The van der Waals surface area contributed by atoms with E-state index in [1.54, 1.807) is 30.3 Å². The first-order chi connectivity index (χ1) is 10.7. The third-order valence-corrected chi connectivity index (χ3v) is 3.67. The SMILES string of the molecule is O=C(Oc1ccccc1OC(=O)C1CCCC1)c1ccco1. The van der Waals surface area contributed by atoms with Crippen LogP contribution in [0.4, 0.5) is 0 Å². The van der Waals surface area contributed by atoms with Gasteiger partial charge in [0.2, 0.25) is 5.76 Å². The Labute approximate surface area is 127 Å². The van der Waals surface area contributed by atoms with Crippen LogP contribution in [0.1, 0.15) is 36.2 Å². The lowest BCUT2D eigenvalue weighted by atomic mass is 10.1. The molecule has 22 heavy (non-hydrogen) atoms. The molecule has 5 nitrogen and oxygen atoms in total. The van der Waals surface area contributed by atoms with Crippen molar-refractivity contribution in [3.63, 3.8) is 0 Å². The average molecular weight is 300 g/mol. The van der Waals surface area contributed by atoms with Gasteiger partial charge in [-0.2, -0.15) is 0 Å². The zero-order chi connectivity index (χ0) is 15.4. The highest BCUT2D eigenvalue weighted by Crippen LogP contribution is 2.31. The molecule has 114 valence electrons. The van der Waals surface area contributed by atoms with Crippen LogP contribution in [0.5, 0.6) is 11.5 Å². The molecule has 3 rings (SSSR count). The summed E-state index contributed by atoms with van der Waals surface area (Å²) in [5.41, 5.74) is 0. The fourth-order valence-corrected chi connectivity index (χ4v) is 2.52. The number of para-hydroxylation sites is 2. The summed E-state index contributed by atoms with van der Waals surface area (Å²) in [7, 11) is 0. The lowest BCUT2D eigenvalue weighted by molar-refractivity contribution is -0.138. The van der Waals surface area contributed by atoms with Gasteiger partial charge in [0.1, 0.15) is 0 Å². The molecule has 1 heterocycles. The lowest BCUT2D eigenvalue weighted by Gasteiger charge is -2.12. The van der Waals surface area contributed by atoms with E-state index >= 15 is 0 Å². The van der Waals surface area contributed by atoms with E-state index in [4.69, 9.17) is 13.9 Å². The predicted octanol–water partition coefficient (Wildman–Crippen LogP) is 3.59. The second-order valence-corrected chi connectivity index (χ2v) is 5.22. The Morgan fingerprint density at radius 2 is 1.64 bits per heavy atom. The minimum absolute atomic E-state index is 0.0613. The molecule has 1 aliphatic rings. The molecular weight excluding hydrogens is 284 g/mol. The van der Waals surface area contributed by atoms with Crippen molar-refractivity contribution >= 4 is 11.9 Å². The number of furan rings is 1. The number of ether oxygens (including phenoxy) is 2. The lowest BCUT2D eigenvalue weighted by Crippen LogP contribution is -2.18. The highest BCUT2D eigenvalue weighted by Gasteiger charge is 2.25. The average Bonchev–Trinajstić information content (AvgIpc) is 3.23. The maximum Gasteiger partial charge on any atom is 0.379 e. The summed E-state index contributed by atoms with van der Waals surface area (Å²) in [4.78, 5) is 24.0. The molecule has 1 fully saturated rings. The van der Waals surface area contributed by atoms with Crippen molar-refractivity contribution in [3.05, 3.63) is 48.4 Å². The van der Waals surface area contributed by atoms with Gasteiger partial charge in [0.25, 0.3) is 0 Å². The third-order valence-electron chi connectivity index (χ3n) is 3.67. The summed E-state index contributed by atoms with van der Waals surface area (Å²) in [5.74, 6) is -0.409. The number of rotatable bonds is 4. The van der Waals surface area contributed by atoms with E-state index in [0.29, 0.717) is 0 Å². The highest BCUT2D eigenvalue weighted by molar-refractivity contribution is 5.88. The number of esters is 2. The van der Waals surface area contributed by atoms with Gasteiger partial charge in [0.05, 0.1) is 12.2 Å². The summed E-state index contributed by atoms with van der Waals surface area (Å²) in [6.45, 7) is 0. The first-order valence-corrected chi connectivity index (χ1v) is 7.30. The standard InChI is InChI=1S/C17H16O5/c18-16(12-6-1-2-7-12)21-13-8-3-4-9-14(13)22-17(19)15-10-5-11-20-15/h3-5,8-12H,1-2,6-7H2. The van der Waals surface area contributed by atoms with E-state index in [0.717, 1.165) is 25.7 Å². The van der Waals surface area contributed by atoms with Crippen molar-refractivity contribution < 1.29 is 23.5 Å². The molecule has 1 aromatic carbocycles. The van der Waals surface area contributed by atoms with Crippen molar-refractivity contribution in [1.29, 1.82) is 0 Å². The topological polar surface area (TPSA) is 65.7 Å². The van der Waals surface area contributed by atoms with Crippen LogP contribution in [0.2, 0.25) is 0 Å². The Balaban J connectivity index is 1.72. The Morgan fingerprint density at radius 3 is 2.27 bits per heavy atom. The fraction of sp³-hybridized carbons (Fsp3) is 0.294. The molecule has 0 atom stereocenters. The summed E-state index contributed by atoms with van der Waals surface area (Å²) >= 11 is 0. The van der Waals surface area contributed by atoms with Gasteiger partial charge in [-0.25, -0.2) is 4.79 Å². The van der Waals surface area contributed by atoms with Crippen LogP contribution in [0.15, 0.2) is 47.1 Å². The zero-order valence-corrected chi connectivity index (χ0v) is 12.0. The van der Waals surface area contributed by atoms with E-state index in [2.05, 4.69) is 0 Å². The molecule has 2 aromatic rings. The molecule has 0 unspecified atom stereocenters. The van der Waals surface area contributed by atoms with Crippen molar-refractivity contribution in [2.45, 2.75) is 25.7 Å². The Kier molecular flexibility index (Phi) is 4.23. The van der Waals surface area contributed by atoms with Crippen molar-refractivity contribution in [3.8, 4) is 11.5 Å². The molecule has 1 saturated carbocycles. The molecule has 0 aliphatic heterocycles. The predicted molar refractivity (Wildman–Crippen MR) is 77.7 cm³/mol. The van der Waals surface area contributed by atoms with Crippen molar-refractivity contribution in [2.24, 2.45) is 5.92 Å². The van der Waals surface area contributed by atoms with Gasteiger partial charge < -0.3 is 13.9 Å². The van der Waals surface area contributed by atoms with Gasteiger partial charge in [-0.1, -0.05) is 25.0 Å². The van der Waals surface area contributed by atoms with Crippen LogP contribution in [0.25, 0.3) is 0 Å². The maximum absolute atomic E-state index is 12.1. The first-order valence-electron chi connectivity index (χ1n) is 7.30. The Hall–Kier alpha value is -2.56. The van der Waals surface area contributed by atoms with Gasteiger partial charge in [0.15, 0.2) is 11.5 Å². The zero-order valence-electron chi connectivity index (χ0n) is 12.0. The molecule has 0 spiro atoms. The minimum Gasteiger partial charge on any atom is -0.457 e. The molecule has 0 saturated heterocycles. The molecule has 0 radical (unpaired) electrons. The summed E-state index contributed by atoms with van der Waals surface area (Å²) < 4.78 is 15.6. The van der Waals surface area contributed by atoms with Gasteiger partial charge in [-0.3, -0.25) is 4.79 Å². The van der Waals surface area contributed by atoms with Crippen LogP contribution >= 0.6 is 0 Å². The monoisotopic (exact) mass is 300 g/mol. The van der Waals surface area contributed by atoms with Gasteiger partial charge in [-0.15, -0.1) is 0 Å². The number of benzene rings is 1. The Bertz CT molecular complexity index is 653. The maximum atomic E-state index is 12.1. The first kappa shape index (κ1) is 14.4. The molecule has 1 aliphatic carbocycles. The van der Waals surface area contributed by atoms with Gasteiger partial charge in [-0.05, 0) is 37.1 Å². The van der Waals surface area contributed by atoms with E-state index in [-0.39, 0.29) is 29.1 Å². The number of hydrogen-bond donors (Lipinski definition) is 0. The smallest absolute Gasteiger partial charge is 0.379 e. The molecule has 0 amide bonds. The van der Waals surface area contributed by atoms with E-state index in [9.17, 15) is 9.59 Å². The van der Waals surface area contributed by atoms with Crippen molar-refractivity contribution in [1.82, 2.24) is 0 Å². The van der Waals surface area contributed by atoms with E-state index < -0.39 is 5.97 Å². The van der Waals surface area contributed by atoms with Crippen LogP contribution in [0.3, 0.4) is 0 Å². The van der Waals surface area contributed by atoms with Crippen LogP contribution in [-0.2, 0) is 4.79 Å². The third kappa shape index (κ3) is 3.19. The normalized spacial score (nSPS) is 14.7. The minimum atomic E-state index is -0.630. The largest absolute Gasteiger partial charge is 0.457 e. The second kappa shape index (κ2) is 6.47. The van der Waals surface area contributed by atoms with Crippen molar-refractivity contribution in [2.75, 3.05) is 0 Å². The quantitative estimate of drug-likeness (QED) is 0.637. The molecule has 0 N–H and O–H groups in total. The van der Waals surface area contributed by atoms with Gasteiger partial charge in [0, 0.05) is 0 Å². The highest BCUT2D eigenvalue weighted by atomic mass is 16.6. The van der Waals surface area contributed by atoms with Crippen LogP contribution in [-0.4, -0.2) is 11.9 Å². The molecule has 1 aromatic heterocycles. The fourth-order valence-electron chi connectivity index (χ4n) is 2.52. The van der Waals surface area contributed by atoms with E-state index in [1.165, 1.54) is 12.3 Å². The number of carbonyl (C=O) groups is 2. The van der Waals surface area contributed by atoms with Gasteiger partial charge >= 0.3 is 11.9 Å². The molecule has 0 bridgehead atoms. The second-order valence-electron chi connectivity index (χ2n) is 5.22. The number of carbonyl (C=O) groups excluding carboxylic acids is 2. The molecular formula is C17H16O5.